The van der Waals surface area contributed by atoms with E-state index in [9.17, 15) is 60.7 Å². The van der Waals surface area contributed by atoms with Gasteiger partial charge in [0.25, 0.3) is 19.7 Å². The van der Waals surface area contributed by atoms with Crippen LogP contribution < -0.4 is 0 Å². The first-order chi connectivity index (χ1) is 18.0. The highest BCUT2D eigenvalue weighted by Gasteiger charge is 2.72. The third-order valence-corrected chi connectivity index (χ3v) is 9.86. The first-order valence-electron chi connectivity index (χ1n) is 10.9. The first-order valence-corrected chi connectivity index (χ1v) is 13.9. The number of alkyl halides is 10. The molecular formula is C22H18F10N2O4S2. The molecule has 1 saturated heterocycles. The molecule has 1 fully saturated rings. The Morgan fingerprint density at radius 2 is 1.20 bits per heavy atom. The Balaban J connectivity index is 0.000000649. The van der Waals surface area contributed by atoms with E-state index in [-0.39, 0.29) is 17.2 Å². The summed E-state index contributed by atoms with van der Waals surface area (Å²) in [6, 6.07) is 4.95. The van der Waals surface area contributed by atoms with Crippen molar-refractivity contribution in [2.75, 3.05) is 20.1 Å². The third kappa shape index (κ3) is 4.97. The second kappa shape index (κ2) is 9.97. The van der Waals surface area contributed by atoms with Crippen LogP contribution in [0.15, 0.2) is 45.7 Å². The van der Waals surface area contributed by atoms with Crippen LogP contribution in [0.25, 0.3) is 11.6 Å². The molecule has 222 valence electrons. The Morgan fingerprint density at radius 1 is 0.725 bits per heavy atom. The quantitative estimate of drug-likeness (QED) is 0.441. The van der Waals surface area contributed by atoms with Gasteiger partial charge in [-0.1, -0.05) is 24.3 Å². The van der Waals surface area contributed by atoms with Gasteiger partial charge in [-0.05, 0) is 61.8 Å². The molecule has 6 nitrogen and oxygen atoms in total. The Hall–Kier alpha value is -2.73. The lowest BCUT2D eigenvalue weighted by atomic mass is 9.95. The van der Waals surface area contributed by atoms with Crippen LogP contribution >= 0.6 is 0 Å². The zero-order chi connectivity index (χ0) is 30.7. The topological polar surface area (TPSA) is 95.4 Å². The minimum atomic E-state index is -7.40. The van der Waals surface area contributed by atoms with Crippen LogP contribution in [0.2, 0.25) is 0 Å². The molecule has 0 spiro atoms. The molecule has 0 unspecified atom stereocenters. The lowest BCUT2D eigenvalue weighted by molar-refractivity contribution is -0.241. The van der Waals surface area contributed by atoms with Gasteiger partial charge in [0.05, 0.1) is 10.6 Å². The summed E-state index contributed by atoms with van der Waals surface area (Å²) in [5, 5.41) is -5.85. The smallest absolute Gasteiger partial charge is 0.306 e. The molecule has 0 radical (unpaired) electrons. The SMILES string of the molecule is CN1CCCC1.N=C1C2=Cc3ccccc3C2=CC(S(=O)(=O)C(F)(F)C(F)(F)F)=C1S(=O)(=O)C(F)(F)C(F)(F)F. The first kappa shape index (κ1) is 31.8. The van der Waals surface area contributed by atoms with Crippen molar-refractivity contribution < 1.29 is 60.7 Å². The fourth-order valence-corrected chi connectivity index (χ4v) is 7.09. The van der Waals surface area contributed by atoms with Crippen LogP contribution in [0.1, 0.15) is 24.0 Å². The molecule has 0 aromatic heterocycles. The van der Waals surface area contributed by atoms with E-state index in [0.717, 1.165) is 12.1 Å². The average molecular weight is 629 g/mol. The molecule has 2 aliphatic carbocycles. The number of fused-ring (bicyclic) bond motifs is 3. The highest BCUT2D eigenvalue weighted by Crippen LogP contribution is 2.52. The largest absolute Gasteiger partial charge is 0.469 e. The standard InChI is InChI=1S/C17H7F10NO4S2.C5H11N/c18-14(19,20)16(24,25)33(29,30)11-6-9-8-4-2-1-3-7(8)5-10(9)12(28)13(11)34(31,32)17(26,27)15(21,22)23;1-6-4-2-3-5-6/h1-6,28H;2-5H2,1H3. The molecule has 1 heterocycles. The van der Waals surface area contributed by atoms with E-state index in [2.05, 4.69) is 11.9 Å². The lowest BCUT2D eigenvalue weighted by Gasteiger charge is -2.28. The predicted octanol–water partition coefficient (Wildman–Crippen LogP) is 5.56. The van der Waals surface area contributed by atoms with Crippen molar-refractivity contribution in [3.63, 3.8) is 0 Å². The summed E-state index contributed by atoms with van der Waals surface area (Å²) in [5.41, 5.74) is -3.48. The summed E-state index contributed by atoms with van der Waals surface area (Å²) in [6.07, 6.45) is -10.4. The number of halogens is 10. The van der Waals surface area contributed by atoms with E-state index in [1.807, 2.05) is 0 Å². The number of sulfone groups is 2. The van der Waals surface area contributed by atoms with Gasteiger partial charge >= 0.3 is 22.9 Å². The van der Waals surface area contributed by atoms with E-state index in [0.29, 0.717) is 0 Å². The van der Waals surface area contributed by atoms with Gasteiger partial charge < -0.3 is 4.90 Å². The summed E-state index contributed by atoms with van der Waals surface area (Å²) in [7, 11) is -12.6. The second-order valence-corrected chi connectivity index (χ2v) is 12.7. The number of allylic oxidation sites excluding steroid dienone is 4. The van der Waals surface area contributed by atoms with Crippen molar-refractivity contribution in [3.8, 4) is 0 Å². The highest BCUT2D eigenvalue weighted by atomic mass is 32.2. The zero-order valence-corrected chi connectivity index (χ0v) is 21.6. The third-order valence-electron chi connectivity index (χ3n) is 6.06. The van der Waals surface area contributed by atoms with E-state index in [4.69, 9.17) is 5.41 Å². The number of likely N-dealkylation sites (tertiary alicyclic amines) is 1. The number of nitrogens with one attached hydrogen (secondary N) is 1. The van der Waals surface area contributed by atoms with Crippen molar-refractivity contribution in [1.82, 2.24) is 4.90 Å². The maximum absolute atomic E-state index is 13.9. The van der Waals surface area contributed by atoms with Gasteiger partial charge in [-0.25, -0.2) is 16.8 Å². The maximum atomic E-state index is 13.9. The van der Waals surface area contributed by atoms with Crippen LogP contribution in [-0.4, -0.2) is 70.4 Å². The molecule has 0 bridgehead atoms. The fraction of sp³-hybridized carbons (Fsp3) is 0.409. The van der Waals surface area contributed by atoms with Gasteiger partial charge in [-0.2, -0.15) is 43.9 Å². The molecule has 1 aliphatic heterocycles. The summed E-state index contributed by atoms with van der Waals surface area (Å²) < 4.78 is 181. The monoisotopic (exact) mass is 628 g/mol. The van der Waals surface area contributed by atoms with Crippen molar-refractivity contribution in [1.29, 1.82) is 5.41 Å². The van der Waals surface area contributed by atoms with Crippen LogP contribution in [0.4, 0.5) is 43.9 Å². The molecular weight excluding hydrogens is 610 g/mol. The molecule has 40 heavy (non-hydrogen) atoms. The second-order valence-electron chi connectivity index (χ2n) is 8.82. The van der Waals surface area contributed by atoms with E-state index < -0.39 is 69.2 Å². The van der Waals surface area contributed by atoms with E-state index in [1.165, 1.54) is 44.1 Å². The van der Waals surface area contributed by atoms with Crippen molar-refractivity contribution in [2.45, 2.75) is 35.7 Å². The van der Waals surface area contributed by atoms with Gasteiger partial charge in [0, 0.05) is 5.57 Å². The summed E-state index contributed by atoms with van der Waals surface area (Å²) in [5.74, 6) is 0. The highest BCUT2D eigenvalue weighted by molar-refractivity contribution is 8.01. The van der Waals surface area contributed by atoms with Crippen LogP contribution in [0, 0.1) is 5.41 Å². The van der Waals surface area contributed by atoms with Crippen molar-refractivity contribution in [2.24, 2.45) is 0 Å². The Labute approximate surface area is 221 Å². The average Bonchev–Trinajstić information content (AvgIpc) is 3.44. The number of nitrogens with zero attached hydrogens (tertiary/aromatic N) is 1. The number of hydrogen-bond acceptors (Lipinski definition) is 6. The molecule has 1 N–H and O–H groups in total. The lowest BCUT2D eigenvalue weighted by Crippen LogP contribution is -2.48. The molecule has 1 aromatic rings. The number of hydrogen-bond donors (Lipinski definition) is 1. The van der Waals surface area contributed by atoms with Gasteiger partial charge in [-0.3, -0.25) is 5.41 Å². The van der Waals surface area contributed by atoms with Crippen molar-refractivity contribution >= 4 is 37.0 Å². The predicted molar refractivity (Wildman–Crippen MR) is 124 cm³/mol. The molecule has 3 aliphatic rings. The molecule has 18 heteroatoms. The van der Waals surface area contributed by atoms with Gasteiger partial charge in [-0.15, -0.1) is 0 Å². The zero-order valence-electron chi connectivity index (χ0n) is 20.0. The Morgan fingerprint density at radius 3 is 1.65 bits per heavy atom. The molecule has 0 atom stereocenters. The normalized spacial score (nSPS) is 19.0. The summed E-state index contributed by atoms with van der Waals surface area (Å²) in [4.78, 5) is -3.21. The van der Waals surface area contributed by atoms with Crippen LogP contribution in [0.3, 0.4) is 0 Å². The maximum Gasteiger partial charge on any atom is 0.469 e. The fourth-order valence-electron chi connectivity index (χ4n) is 3.96. The van der Waals surface area contributed by atoms with Gasteiger partial charge in [0.1, 0.15) is 4.91 Å². The molecule has 0 amide bonds. The molecule has 0 saturated carbocycles. The number of benzene rings is 1. The molecule has 1 aromatic carbocycles. The van der Waals surface area contributed by atoms with Crippen LogP contribution in [0.5, 0.6) is 0 Å². The van der Waals surface area contributed by atoms with Crippen molar-refractivity contribution in [3.05, 3.63) is 56.9 Å². The number of rotatable bonds is 4. The van der Waals surface area contributed by atoms with Crippen LogP contribution in [-0.2, 0) is 19.7 Å². The van der Waals surface area contributed by atoms with Gasteiger partial charge in [0.15, 0.2) is 0 Å². The summed E-state index contributed by atoms with van der Waals surface area (Å²) in [6.45, 7) is 2.64. The van der Waals surface area contributed by atoms with Gasteiger partial charge in [0.2, 0.25) is 0 Å². The summed E-state index contributed by atoms with van der Waals surface area (Å²) >= 11 is 0. The Bertz CT molecular complexity index is 1530. The minimum absolute atomic E-state index is 0.0223. The molecule has 4 rings (SSSR count). The minimum Gasteiger partial charge on any atom is -0.306 e. The van der Waals surface area contributed by atoms with E-state index >= 15 is 0 Å². The Kier molecular flexibility index (Phi) is 7.92. The van der Waals surface area contributed by atoms with E-state index in [1.54, 1.807) is 0 Å².